The first-order chi connectivity index (χ1) is 24.8. The minimum absolute atomic E-state index is 0.647. The normalized spacial score (nSPS) is 11.6. The van der Waals surface area contributed by atoms with E-state index in [1.54, 1.807) is 0 Å². The number of para-hydroxylation sites is 1. The third-order valence-corrected chi connectivity index (χ3v) is 10.7. The fourth-order valence-electron chi connectivity index (χ4n) is 7.09. The van der Waals surface area contributed by atoms with Gasteiger partial charge in [0.1, 0.15) is 0 Å². The molecule has 234 valence electrons. The molecule has 0 spiro atoms. The van der Waals surface area contributed by atoms with E-state index >= 15 is 0 Å². The van der Waals surface area contributed by atoms with Gasteiger partial charge in [-0.25, -0.2) is 15.0 Å². The third-order valence-electron chi connectivity index (χ3n) is 9.46. The largest absolute Gasteiger partial charge is 0.309 e. The highest BCUT2D eigenvalue weighted by Gasteiger charge is 2.18. The SMILES string of the molecule is c1ccc(-c2nc(-c3ccccc3)nc(-c3cccc(-c4ccc(-n5c6ccccc6c6c7sc8ccccc8c7ccc65)cc4)c3)n2)cc1. The second-order valence-corrected chi connectivity index (χ2v) is 13.5. The highest BCUT2D eigenvalue weighted by atomic mass is 32.1. The number of rotatable bonds is 5. The summed E-state index contributed by atoms with van der Waals surface area (Å²) in [7, 11) is 0. The molecule has 0 atom stereocenters. The Hall–Kier alpha value is -6.43. The molecule has 5 heteroatoms. The summed E-state index contributed by atoms with van der Waals surface area (Å²) in [5.74, 6) is 1.96. The van der Waals surface area contributed by atoms with Gasteiger partial charge in [-0.3, -0.25) is 0 Å². The second kappa shape index (κ2) is 11.6. The maximum absolute atomic E-state index is 4.95. The number of benzene rings is 7. The van der Waals surface area contributed by atoms with Gasteiger partial charge in [-0.15, -0.1) is 11.3 Å². The molecule has 0 N–H and O–H groups in total. The Morgan fingerprint density at radius 2 is 0.960 bits per heavy atom. The van der Waals surface area contributed by atoms with E-state index in [0.717, 1.165) is 33.5 Å². The van der Waals surface area contributed by atoms with Gasteiger partial charge in [-0.05, 0) is 47.5 Å². The first-order valence-corrected chi connectivity index (χ1v) is 17.5. The van der Waals surface area contributed by atoms with Crippen LogP contribution in [0.3, 0.4) is 0 Å². The van der Waals surface area contributed by atoms with Crippen LogP contribution in [-0.2, 0) is 0 Å². The van der Waals surface area contributed by atoms with E-state index in [1.165, 1.54) is 42.0 Å². The van der Waals surface area contributed by atoms with Crippen LogP contribution in [0.1, 0.15) is 0 Å². The van der Waals surface area contributed by atoms with Crippen LogP contribution in [0.5, 0.6) is 0 Å². The van der Waals surface area contributed by atoms with Crippen molar-refractivity contribution in [2.45, 2.75) is 0 Å². The van der Waals surface area contributed by atoms with E-state index in [-0.39, 0.29) is 0 Å². The molecule has 0 unspecified atom stereocenters. The number of nitrogens with zero attached hydrogens (tertiary/aromatic N) is 4. The molecule has 7 aromatic carbocycles. The fourth-order valence-corrected chi connectivity index (χ4v) is 8.35. The van der Waals surface area contributed by atoms with Crippen LogP contribution >= 0.6 is 11.3 Å². The van der Waals surface area contributed by atoms with Crippen molar-refractivity contribution in [2.24, 2.45) is 0 Å². The topological polar surface area (TPSA) is 43.6 Å². The number of aromatic nitrogens is 4. The lowest BCUT2D eigenvalue weighted by Gasteiger charge is -2.11. The molecule has 0 fully saturated rings. The first kappa shape index (κ1) is 28.6. The van der Waals surface area contributed by atoms with Crippen molar-refractivity contribution >= 4 is 53.3 Å². The molecule has 0 radical (unpaired) electrons. The standard InChI is InChI=1S/C45H28N4S/c1-3-12-30(13-4-1)43-46-44(31-14-5-2-6-15-31)48-45(47-43)33-17-11-16-32(28-33)29-22-24-34(25-23-29)49-38-20-9-7-19-37(38)41-39(49)27-26-36-35-18-8-10-21-40(35)50-42(36)41/h1-28H. The summed E-state index contributed by atoms with van der Waals surface area (Å²) in [6, 6.07) is 59.6. The Morgan fingerprint density at radius 1 is 0.380 bits per heavy atom. The zero-order valence-corrected chi connectivity index (χ0v) is 27.7. The van der Waals surface area contributed by atoms with Crippen LogP contribution < -0.4 is 0 Å². The third kappa shape index (κ3) is 4.71. The van der Waals surface area contributed by atoms with E-state index < -0.39 is 0 Å². The summed E-state index contributed by atoms with van der Waals surface area (Å²) in [5, 5.41) is 5.24. The van der Waals surface area contributed by atoms with Crippen LogP contribution in [0.25, 0.3) is 93.0 Å². The Balaban J connectivity index is 1.07. The highest BCUT2D eigenvalue weighted by molar-refractivity contribution is 7.26. The number of fused-ring (bicyclic) bond motifs is 7. The summed E-state index contributed by atoms with van der Waals surface area (Å²) < 4.78 is 5.06. The van der Waals surface area contributed by atoms with Gasteiger partial charge < -0.3 is 4.57 Å². The molecular weight excluding hydrogens is 629 g/mol. The number of hydrogen-bond donors (Lipinski definition) is 0. The molecule has 0 bridgehead atoms. The fraction of sp³-hybridized carbons (Fsp3) is 0. The van der Waals surface area contributed by atoms with Crippen molar-refractivity contribution in [3.05, 3.63) is 170 Å². The molecule has 50 heavy (non-hydrogen) atoms. The van der Waals surface area contributed by atoms with E-state index in [1.807, 2.05) is 72.0 Å². The van der Waals surface area contributed by atoms with Gasteiger partial charge in [-0.1, -0.05) is 133 Å². The first-order valence-electron chi connectivity index (χ1n) is 16.7. The van der Waals surface area contributed by atoms with E-state index in [4.69, 9.17) is 15.0 Å². The molecule has 4 nitrogen and oxygen atoms in total. The lowest BCUT2D eigenvalue weighted by molar-refractivity contribution is 1.07. The summed E-state index contributed by atoms with van der Waals surface area (Å²) >= 11 is 1.89. The molecule has 0 aliphatic carbocycles. The Kier molecular flexibility index (Phi) is 6.64. The molecule has 0 saturated carbocycles. The molecule has 0 saturated heterocycles. The smallest absolute Gasteiger partial charge is 0.164 e. The van der Waals surface area contributed by atoms with E-state index in [2.05, 4.69) is 114 Å². The predicted octanol–water partition coefficient (Wildman–Crippen LogP) is 12.0. The summed E-state index contributed by atoms with van der Waals surface area (Å²) in [5.41, 5.74) is 8.65. The van der Waals surface area contributed by atoms with Crippen LogP contribution in [0, 0.1) is 0 Å². The van der Waals surface area contributed by atoms with Crippen molar-refractivity contribution in [2.75, 3.05) is 0 Å². The summed E-state index contributed by atoms with van der Waals surface area (Å²) in [4.78, 5) is 14.8. The number of hydrogen-bond acceptors (Lipinski definition) is 4. The highest BCUT2D eigenvalue weighted by Crippen LogP contribution is 2.43. The Labute approximate surface area is 292 Å². The molecule has 3 aromatic heterocycles. The molecule has 10 rings (SSSR count). The van der Waals surface area contributed by atoms with Gasteiger partial charge >= 0.3 is 0 Å². The monoisotopic (exact) mass is 656 g/mol. The average Bonchev–Trinajstić information content (AvgIpc) is 3.74. The predicted molar refractivity (Wildman–Crippen MR) is 209 cm³/mol. The molecule has 10 aromatic rings. The van der Waals surface area contributed by atoms with Gasteiger partial charge in [0.15, 0.2) is 17.5 Å². The zero-order chi connectivity index (χ0) is 33.0. The second-order valence-electron chi connectivity index (χ2n) is 12.5. The quantitative estimate of drug-likeness (QED) is 0.185. The van der Waals surface area contributed by atoms with Crippen molar-refractivity contribution in [1.29, 1.82) is 0 Å². The van der Waals surface area contributed by atoms with Crippen LogP contribution in [0.15, 0.2) is 170 Å². The van der Waals surface area contributed by atoms with Gasteiger partial charge in [0.25, 0.3) is 0 Å². The molecule has 0 aliphatic rings. The maximum Gasteiger partial charge on any atom is 0.164 e. The summed E-state index contributed by atoms with van der Waals surface area (Å²) in [6.07, 6.45) is 0. The molecule has 0 aliphatic heterocycles. The molecule has 0 amide bonds. The zero-order valence-electron chi connectivity index (χ0n) is 26.9. The van der Waals surface area contributed by atoms with Crippen molar-refractivity contribution in [1.82, 2.24) is 19.5 Å². The van der Waals surface area contributed by atoms with E-state index in [0.29, 0.717) is 17.5 Å². The van der Waals surface area contributed by atoms with Crippen molar-refractivity contribution in [3.8, 4) is 51.0 Å². The van der Waals surface area contributed by atoms with Gasteiger partial charge in [-0.2, -0.15) is 0 Å². The minimum atomic E-state index is 0.647. The van der Waals surface area contributed by atoms with Gasteiger partial charge in [0.2, 0.25) is 0 Å². The van der Waals surface area contributed by atoms with Crippen LogP contribution in [-0.4, -0.2) is 19.5 Å². The van der Waals surface area contributed by atoms with Crippen molar-refractivity contribution < 1.29 is 0 Å². The lowest BCUT2D eigenvalue weighted by atomic mass is 10.0. The Morgan fingerprint density at radius 3 is 1.68 bits per heavy atom. The van der Waals surface area contributed by atoms with Gasteiger partial charge in [0, 0.05) is 53.3 Å². The van der Waals surface area contributed by atoms with Crippen LogP contribution in [0.2, 0.25) is 0 Å². The summed E-state index contributed by atoms with van der Waals surface area (Å²) in [6.45, 7) is 0. The van der Waals surface area contributed by atoms with Crippen molar-refractivity contribution in [3.63, 3.8) is 0 Å². The maximum atomic E-state index is 4.95. The minimum Gasteiger partial charge on any atom is -0.309 e. The Bertz CT molecular complexity index is 2800. The van der Waals surface area contributed by atoms with Gasteiger partial charge in [0.05, 0.1) is 11.0 Å². The average molecular weight is 657 g/mol. The van der Waals surface area contributed by atoms with E-state index in [9.17, 15) is 0 Å². The molecular formula is C45H28N4S. The van der Waals surface area contributed by atoms with Crippen LogP contribution in [0.4, 0.5) is 0 Å². The molecule has 3 heterocycles. The number of thiophene rings is 1. The lowest BCUT2D eigenvalue weighted by Crippen LogP contribution is -2.00.